The van der Waals surface area contributed by atoms with Gasteiger partial charge in [-0.1, -0.05) is 0 Å². The summed E-state index contributed by atoms with van der Waals surface area (Å²) < 4.78 is 59.6. The Labute approximate surface area is 267 Å². The molecule has 2 heterocycles. The monoisotopic (exact) mass is 679 g/mol. The summed E-state index contributed by atoms with van der Waals surface area (Å²) in [6.45, 7) is 5.90. The number of hydrogen-bond donors (Lipinski definition) is 1. The molecule has 20 nitrogen and oxygen atoms in total. The van der Waals surface area contributed by atoms with Crippen molar-refractivity contribution in [3.05, 3.63) is 0 Å². The Morgan fingerprint density at radius 2 is 0.809 bits per heavy atom. The highest BCUT2D eigenvalue weighted by atomic mass is 16.8. The summed E-state index contributed by atoms with van der Waals surface area (Å²) in [6.07, 6.45) is -18.3. The summed E-state index contributed by atoms with van der Waals surface area (Å²) in [4.78, 5) is 96.0. The summed E-state index contributed by atoms with van der Waals surface area (Å²) in [7, 11) is 0. The second kappa shape index (κ2) is 17.4. The number of carbonyl (C=O) groups excluding carboxylic acids is 8. The fourth-order valence-electron chi connectivity index (χ4n) is 4.67. The zero-order chi connectivity index (χ0) is 35.6. The molecule has 0 aromatic carbocycles. The topological polar surface area (TPSA) is 264 Å². The quantitative estimate of drug-likeness (QED) is 0.185. The molecule has 10 atom stereocenters. The lowest BCUT2D eigenvalue weighted by molar-refractivity contribution is -0.363. The van der Waals surface area contributed by atoms with E-state index in [0.717, 1.165) is 48.5 Å². The van der Waals surface area contributed by atoms with Crippen molar-refractivity contribution in [2.45, 2.75) is 110 Å². The first kappa shape index (κ1) is 38.6. The summed E-state index contributed by atoms with van der Waals surface area (Å²) >= 11 is 0. The predicted molar refractivity (Wildman–Crippen MR) is 144 cm³/mol. The van der Waals surface area contributed by atoms with Gasteiger partial charge in [0.25, 0.3) is 0 Å². The van der Waals surface area contributed by atoms with Gasteiger partial charge in [0.15, 0.2) is 42.9 Å². The molecule has 0 aliphatic carbocycles. The van der Waals surface area contributed by atoms with E-state index in [4.69, 9.17) is 57.8 Å². The normalized spacial score (nSPS) is 30.0. The average molecular weight is 680 g/mol. The Kier molecular flexibility index (Phi) is 14.3. The number of amides is 1. The van der Waals surface area contributed by atoms with Gasteiger partial charge in [0.1, 0.15) is 25.4 Å². The molecule has 20 heteroatoms. The van der Waals surface area contributed by atoms with Crippen molar-refractivity contribution in [2.75, 3.05) is 13.2 Å². The van der Waals surface area contributed by atoms with E-state index >= 15 is 0 Å². The molecule has 0 saturated carbocycles. The molecular weight excluding hydrogens is 642 g/mol. The summed E-state index contributed by atoms with van der Waals surface area (Å²) in [5, 5.41) is 0. The minimum atomic E-state index is -1.91. The number of nitrogens with two attached hydrogens (primary N) is 1. The van der Waals surface area contributed by atoms with Crippen LogP contribution in [0.25, 0.3) is 0 Å². The van der Waals surface area contributed by atoms with E-state index in [-0.39, 0.29) is 0 Å². The molecular formula is C27H37NO19. The van der Waals surface area contributed by atoms with Gasteiger partial charge in [-0.25, -0.2) is 4.79 Å². The minimum Gasteiger partial charge on any atom is -0.463 e. The number of esters is 7. The Morgan fingerprint density at radius 1 is 0.447 bits per heavy atom. The fraction of sp³-hybridized carbons (Fsp3) is 0.704. The van der Waals surface area contributed by atoms with Crippen molar-refractivity contribution in [2.24, 2.45) is 5.73 Å². The van der Waals surface area contributed by atoms with Gasteiger partial charge < -0.3 is 57.8 Å². The van der Waals surface area contributed by atoms with Crippen LogP contribution in [-0.2, 0) is 85.7 Å². The zero-order valence-corrected chi connectivity index (χ0v) is 26.5. The zero-order valence-electron chi connectivity index (χ0n) is 26.5. The van der Waals surface area contributed by atoms with Crippen LogP contribution in [0.1, 0.15) is 48.5 Å². The molecule has 2 fully saturated rings. The highest BCUT2D eigenvalue weighted by Crippen LogP contribution is 2.35. The van der Waals surface area contributed by atoms with Crippen molar-refractivity contribution in [3.8, 4) is 0 Å². The van der Waals surface area contributed by atoms with Crippen molar-refractivity contribution >= 4 is 47.9 Å². The van der Waals surface area contributed by atoms with E-state index in [1.54, 1.807) is 0 Å². The molecule has 2 saturated heterocycles. The van der Waals surface area contributed by atoms with Gasteiger partial charge >= 0.3 is 47.9 Å². The lowest BCUT2D eigenvalue weighted by atomic mass is 9.96. The predicted octanol–water partition coefficient (Wildman–Crippen LogP) is -1.30. The number of carbonyl (C=O) groups is 8. The van der Waals surface area contributed by atoms with Gasteiger partial charge in [-0.05, 0) is 0 Å². The molecule has 2 rings (SSSR count). The number of ether oxygens (including phenoxy) is 11. The lowest BCUT2D eigenvalue weighted by Crippen LogP contribution is -2.67. The van der Waals surface area contributed by atoms with E-state index in [2.05, 4.69) is 0 Å². The van der Waals surface area contributed by atoms with Gasteiger partial charge in [0.05, 0.1) is 0 Å². The number of hydrogen-bond acceptors (Lipinski definition) is 19. The van der Waals surface area contributed by atoms with Gasteiger partial charge in [-0.2, -0.15) is 0 Å². The van der Waals surface area contributed by atoms with Crippen molar-refractivity contribution in [3.63, 3.8) is 0 Å². The molecule has 2 aliphatic rings. The second-order valence-electron chi connectivity index (χ2n) is 10.1. The van der Waals surface area contributed by atoms with Crippen LogP contribution in [0.4, 0.5) is 4.79 Å². The first-order valence-corrected chi connectivity index (χ1v) is 13.9. The average Bonchev–Trinajstić information content (AvgIpc) is 2.91. The Bertz CT molecular complexity index is 1200. The largest absolute Gasteiger partial charge is 0.463 e. The number of rotatable bonds is 12. The van der Waals surface area contributed by atoms with Crippen molar-refractivity contribution in [1.82, 2.24) is 0 Å². The molecule has 264 valence electrons. The lowest BCUT2D eigenvalue weighted by Gasteiger charge is -2.48. The maximum atomic E-state index is 12.3. The van der Waals surface area contributed by atoms with Crippen LogP contribution in [-0.4, -0.2) is 123 Å². The number of primary amides is 1. The minimum absolute atomic E-state index is 0.575. The molecule has 2 aliphatic heterocycles. The summed E-state index contributed by atoms with van der Waals surface area (Å²) in [5.41, 5.74) is 5.26. The molecule has 0 spiro atoms. The van der Waals surface area contributed by atoms with Crippen molar-refractivity contribution < 1.29 is 90.5 Å². The Morgan fingerprint density at radius 3 is 1.19 bits per heavy atom. The highest BCUT2D eigenvalue weighted by Gasteiger charge is 2.58. The molecule has 2 N–H and O–H groups in total. The van der Waals surface area contributed by atoms with Crippen LogP contribution in [0.15, 0.2) is 0 Å². The maximum Gasteiger partial charge on any atom is 0.405 e. The smallest absolute Gasteiger partial charge is 0.405 e. The highest BCUT2D eigenvalue weighted by molar-refractivity contribution is 5.69. The summed E-state index contributed by atoms with van der Waals surface area (Å²) in [6, 6.07) is 0. The summed E-state index contributed by atoms with van der Waals surface area (Å²) in [5.74, 6) is -6.26. The SMILES string of the molecule is CC(=O)OC[C@H]1O[C@H](OC(C)=O)[C@H](O[C@@H]2O[C@H](COC(C)=O)[C@@H](OC(C)=O)[C@@H](OC(N)=O)[C@@H]2OC(C)=O)[C@H](OC(C)=O)[C@H]1OC(C)=O. The van der Waals surface area contributed by atoms with Crippen LogP contribution in [0.3, 0.4) is 0 Å². The third kappa shape index (κ3) is 12.0. The van der Waals surface area contributed by atoms with Crippen LogP contribution in [0.2, 0.25) is 0 Å². The van der Waals surface area contributed by atoms with E-state index in [9.17, 15) is 38.4 Å². The third-order valence-electron chi connectivity index (χ3n) is 6.12. The second-order valence-corrected chi connectivity index (χ2v) is 10.1. The van der Waals surface area contributed by atoms with Crippen molar-refractivity contribution in [1.29, 1.82) is 0 Å². The standard InChI is InChI=1S/C27H37NO19/c1-10(29)37-8-17-19(39-12(3)31)21(41-14(5)33)24(25(44-17)43-16(7)35)46-26-23(42-15(6)34)22(47-27(28)36)20(40-13(4)32)18(45-26)9-38-11(2)30/h17-26H,8-9H2,1-7H3,(H2,28,36)/t17-,18-,19+,20-,21-,22-,23+,24-,25+,26+/m1/s1. The fourth-order valence-corrected chi connectivity index (χ4v) is 4.67. The van der Waals surface area contributed by atoms with Crippen LogP contribution < -0.4 is 5.73 Å². The van der Waals surface area contributed by atoms with E-state index in [1.807, 2.05) is 0 Å². The molecule has 0 radical (unpaired) electrons. The Balaban J connectivity index is 2.72. The van der Waals surface area contributed by atoms with Crippen LogP contribution in [0, 0.1) is 0 Å². The van der Waals surface area contributed by atoms with E-state index < -0.39 is 123 Å². The van der Waals surface area contributed by atoms with Gasteiger partial charge in [0, 0.05) is 48.5 Å². The van der Waals surface area contributed by atoms with Crippen LogP contribution in [0.5, 0.6) is 0 Å². The Hall–Kier alpha value is -4.56. The van der Waals surface area contributed by atoms with Gasteiger partial charge in [-0.3, -0.25) is 33.6 Å². The molecule has 1 amide bonds. The molecule has 0 unspecified atom stereocenters. The van der Waals surface area contributed by atoms with Crippen LogP contribution >= 0.6 is 0 Å². The molecule has 0 aromatic rings. The first-order valence-electron chi connectivity index (χ1n) is 13.9. The molecule has 0 aromatic heterocycles. The van der Waals surface area contributed by atoms with E-state index in [1.165, 1.54) is 0 Å². The van der Waals surface area contributed by atoms with Gasteiger partial charge in [0.2, 0.25) is 6.29 Å². The van der Waals surface area contributed by atoms with E-state index in [0.29, 0.717) is 0 Å². The third-order valence-corrected chi connectivity index (χ3v) is 6.12. The first-order chi connectivity index (χ1) is 21.9. The van der Waals surface area contributed by atoms with Gasteiger partial charge in [-0.15, -0.1) is 0 Å². The molecule has 0 bridgehead atoms. The molecule has 47 heavy (non-hydrogen) atoms. The maximum absolute atomic E-state index is 12.3.